The van der Waals surface area contributed by atoms with E-state index in [1.807, 2.05) is 0 Å². The SMILES string of the molecule is CN(CC(=O)Nc1ccc(-n2cc(Br)cn2)nc1)S(C)(=O)=O. The molecule has 0 aliphatic carbocycles. The van der Waals surface area contributed by atoms with Gasteiger partial charge in [0.05, 0.1) is 35.4 Å². The third-order valence-electron chi connectivity index (χ3n) is 2.75. The van der Waals surface area contributed by atoms with Gasteiger partial charge in [0.15, 0.2) is 5.82 Å². The van der Waals surface area contributed by atoms with Crippen molar-refractivity contribution in [1.29, 1.82) is 0 Å². The third kappa shape index (κ3) is 4.36. The van der Waals surface area contributed by atoms with Crippen LogP contribution in [0.2, 0.25) is 0 Å². The summed E-state index contributed by atoms with van der Waals surface area (Å²) in [5, 5.41) is 6.67. The average Bonchev–Trinajstić information content (AvgIpc) is 2.85. The van der Waals surface area contributed by atoms with Crippen molar-refractivity contribution in [3.05, 3.63) is 35.2 Å². The highest BCUT2D eigenvalue weighted by Crippen LogP contribution is 2.13. The number of rotatable bonds is 5. The van der Waals surface area contributed by atoms with Crippen LogP contribution in [0.25, 0.3) is 5.82 Å². The average molecular weight is 388 g/mol. The molecule has 22 heavy (non-hydrogen) atoms. The molecule has 1 amide bonds. The van der Waals surface area contributed by atoms with E-state index in [0.29, 0.717) is 11.5 Å². The van der Waals surface area contributed by atoms with Gasteiger partial charge in [-0.25, -0.2) is 18.1 Å². The number of pyridine rings is 1. The number of carbonyl (C=O) groups is 1. The molecule has 0 fully saturated rings. The Morgan fingerprint density at radius 1 is 1.41 bits per heavy atom. The van der Waals surface area contributed by atoms with E-state index in [1.54, 1.807) is 29.2 Å². The van der Waals surface area contributed by atoms with Gasteiger partial charge in [0.25, 0.3) is 0 Å². The summed E-state index contributed by atoms with van der Waals surface area (Å²) in [4.78, 5) is 15.9. The largest absolute Gasteiger partial charge is 0.324 e. The molecule has 2 aromatic heterocycles. The summed E-state index contributed by atoms with van der Waals surface area (Å²) in [6.07, 6.45) is 5.90. The Kier molecular flexibility index (Phi) is 4.94. The normalized spacial score (nSPS) is 11.6. The molecule has 10 heteroatoms. The van der Waals surface area contributed by atoms with Crippen LogP contribution in [-0.4, -0.2) is 53.2 Å². The highest BCUT2D eigenvalue weighted by atomic mass is 79.9. The Morgan fingerprint density at radius 2 is 2.14 bits per heavy atom. The lowest BCUT2D eigenvalue weighted by atomic mass is 10.4. The Balaban J connectivity index is 2.01. The molecule has 0 bridgehead atoms. The van der Waals surface area contributed by atoms with E-state index in [1.165, 1.54) is 13.2 Å². The molecule has 0 atom stereocenters. The van der Waals surface area contributed by atoms with Crippen molar-refractivity contribution in [3.8, 4) is 5.82 Å². The molecule has 0 radical (unpaired) electrons. The summed E-state index contributed by atoms with van der Waals surface area (Å²) < 4.78 is 25.9. The minimum Gasteiger partial charge on any atom is -0.324 e. The second-order valence-electron chi connectivity index (χ2n) is 4.58. The Morgan fingerprint density at radius 3 is 2.64 bits per heavy atom. The fraction of sp³-hybridized carbons (Fsp3) is 0.250. The topological polar surface area (TPSA) is 97.2 Å². The molecule has 0 saturated carbocycles. The van der Waals surface area contributed by atoms with Gasteiger partial charge >= 0.3 is 0 Å². The molecule has 0 spiro atoms. The van der Waals surface area contributed by atoms with Gasteiger partial charge in [0, 0.05) is 13.2 Å². The molecule has 8 nitrogen and oxygen atoms in total. The highest BCUT2D eigenvalue weighted by Gasteiger charge is 2.15. The van der Waals surface area contributed by atoms with E-state index in [4.69, 9.17) is 0 Å². The number of likely N-dealkylation sites (N-methyl/N-ethyl adjacent to an activating group) is 1. The van der Waals surface area contributed by atoms with Crippen LogP contribution in [0.1, 0.15) is 0 Å². The van der Waals surface area contributed by atoms with Gasteiger partial charge in [-0.05, 0) is 28.1 Å². The number of nitrogens with one attached hydrogen (secondary N) is 1. The van der Waals surface area contributed by atoms with Crippen molar-refractivity contribution in [1.82, 2.24) is 19.1 Å². The van der Waals surface area contributed by atoms with Crippen molar-refractivity contribution in [2.24, 2.45) is 0 Å². The van der Waals surface area contributed by atoms with Gasteiger partial charge in [-0.15, -0.1) is 0 Å². The Bertz CT molecular complexity index is 772. The van der Waals surface area contributed by atoms with Gasteiger partial charge in [-0.1, -0.05) is 0 Å². The summed E-state index contributed by atoms with van der Waals surface area (Å²) >= 11 is 3.29. The van der Waals surface area contributed by atoms with Gasteiger partial charge in [-0.3, -0.25) is 4.79 Å². The van der Waals surface area contributed by atoms with Crippen molar-refractivity contribution in [3.63, 3.8) is 0 Å². The van der Waals surface area contributed by atoms with Crippen LogP contribution in [0.3, 0.4) is 0 Å². The predicted molar refractivity (Wildman–Crippen MR) is 85.2 cm³/mol. The smallest absolute Gasteiger partial charge is 0.239 e. The molecular formula is C12H14BrN5O3S. The predicted octanol–water partition coefficient (Wildman–Crippen LogP) is 0.860. The zero-order chi connectivity index (χ0) is 16.3. The maximum atomic E-state index is 11.8. The second kappa shape index (κ2) is 6.55. The number of hydrogen-bond acceptors (Lipinski definition) is 5. The van der Waals surface area contributed by atoms with Crippen LogP contribution >= 0.6 is 15.9 Å². The van der Waals surface area contributed by atoms with Crippen LogP contribution in [0, 0.1) is 0 Å². The number of nitrogens with zero attached hydrogens (tertiary/aromatic N) is 4. The molecule has 0 saturated heterocycles. The minimum absolute atomic E-state index is 0.257. The number of sulfonamides is 1. The van der Waals surface area contributed by atoms with Crippen LogP contribution in [0.5, 0.6) is 0 Å². The van der Waals surface area contributed by atoms with Crippen molar-refractivity contribution >= 4 is 37.5 Å². The molecule has 2 heterocycles. The Labute approximate surface area is 136 Å². The number of carbonyl (C=O) groups excluding carboxylic acids is 1. The first-order valence-corrected chi connectivity index (χ1v) is 8.77. The molecular weight excluding hydrogens is 374 g/mol. The van der Waals surface area contributed by atoms with Gasteiger partial charge < -0.3 is 5.32 Å². The van der Waals surface area contributed by atoms with E-state index in [-0.39, 0.29) is 6.54 Å². The van der Waals surface area contributed by atoms with Gasteiger partial charge in [-0.2, -0.15) is 9.40 Å². The first-order chi connectivity index (χ1) is 10.3. The summed E-state index contributed by atoms with van der Waals surface area (Å²) in [6.45, 7) is -0.257. The maximum Gasteiger partial charge on any atom is 0.239 e. The Hall–Kier alpha value is -1.78. The third-order valence-corrected chi connectivity index (χ3v) is 4.42. The first-order valence-electron chi connectivity index (χ1n) is 6.13. The van der Waals surface area contributed by atoms with E-state index < -0.39 is 15.9 Å². The maximum absolute atomic E-state index is 11.8. The molecule has 1 N–H and O–H groups in total. The zero-order valence-electron chi connectivity index (χ0n) is 11.9. The number of amides is 1. The summed E-state index contributed by atoms with van der Waals surface area (Å²) in [7, 11) is -2.05. The molecule has 0 aromatic carbocycles. The summed E-state index contributed by atoms with van der Waals surface area (Å²) in [6, 6.07) is 3.35. The number of aromatic nitrogens is 3. The lowest BCUT2D eigenvalue weighted by Crippen LogP contribution is -2.34. The first kappa shape index (κ1) is 16.6. The minimum atomic E-state index is -3.39. The number of hydrogen-bond donors (Lipinski definition) is 1. The van der Waals surface area contributed by atoms with Crippen LogP contribution in [-0.2, 0) is 14.8 Å². The van der Waals surface area contributed by atoms with E-state index in [0.717, 1.165) is 15.0 Å². The fourth-order valence-corrected chi connectivity index (χ4v) is 2.18. The van der Waals surface area contributed by atoms with Gasteiger partial charge in [0.2, 0.25) is 15.9 Å². The molecule has 2 rings (SSSR count). The van der Waals surface area contributed by atoms with Crippen molar-refractivity contribution in [2.75, 3.05) is 25.2 Å². The molecule has 0 unspecified atom stereocenters. The second-order valence-corrected chi connectivity index (χ2v) is 7.58. The van der Waals surface area contributed by atoms with E-state index in [9.17, 15) is 13.2 Å². The van der Waals surface area contributed by atoms with Crippen LogP contribution < -0.4 is 5.32 Å². The highest BCUT2D eigenvalue weighted by molar-refractivity contribution is 9.10. The summed E-state index contributed by atoms with van der Waals surface area (Å²) in [5.41, 5.74) is 0.474. The molecule has 118 valence electrons. The lowest BCUT2D eigenvalue weighted by molar-refractivity contribution is -0.116. The quantitative estimate of drug-likeness (QED) is 0.820. The van der Waals surface area contributed by atoms with Crippen molar-refractivity contribution < 1.29 is 13.2 Å². The monoisotopic (exact) mass is 387 g/mol. The van der Waals surface area contributed by atoms with Crippen molar-refractivity contribution in [2.45, 2.75) is 0 Å². The van der Waals surface area contributed by atoms with E-state index in [2.05, 4.69) is 31.3 Å². The summed E-state index contributed by atoms with van der Waals surface area (Å²) in [5.74, 6) is 0.154. The molecule has 0 aliphatic heterocycles. The van der Waals surface area contributed by atoms with Crippen LogP contribution in [0.4, 0.5) is 5.69 Å². The molecule has 2 aromatic rings. The van der Waals surface area contributed by atoms with Crippen LogP contribution in [0.15, 0.2) is 35.2 Å². The lowest BCUT2D eigenvalue weighted by Gasteiger charge is -2.13. The zero-order valence-corrected chi connectivity index (χ0v) is 14.3. The number of anilines is 1. The standard InChI is InChI=1S/C12H14BrN5O3S/c1-17(22(2,20)21)8-12(19)16-10-3-4-11(14-6-10)18-7-9(13)5-15-18/h3-7H,8H2,1-2H3,(H,16,19). The van der Waals surface area contributed by atoms with E-state index >= 15 is 0 Å². The van der Waals surface area contributed by atoms with Gasteiger partial charge in [0.1, 0.15) is 0 Å². The fourth-order valence-electron chi connectivity index (χ4n) is 1.54. The number of halogens is 1. The molecule has 0 aliphatic rings.